The van der Waals surface area contributed by atoms with E-state index in [0.29, 0.717) is 25.5 Å². The number of hydrogen-bond acceptors (Lipinski definition) is 14. The van der Waals surface area contributed by atoms with Crippen molar-refractivity contribution < 1.29 is 43.2 Å². The van der Waals surface area contributed by atoms with Crippen molar-refractivity contribution >= 4 is 59.5 Å². The number of amides is 3. The molecule has 0 spiro atoms. The average molecular weight is 565 g/mol. The van der Waals surface area contributed by atoms with E-state index in [9.17, 15) is 33.6 Å². The van der Waals surface area contributed by atoms with Gasteiger partial charge < -0.3 is 42.2 Å². The van der Waals surface area contributed by atoms with E-state index in [2.05, 4.69) is 32.5 Å². The first-order chi connectivity index (χ1) is 19.0. The first kappa shape index (κ1) is 33.4. The van der Waals surface area contributed by atoms with Gasteiger partial charge in [-0.05, 0) is 31.0 Å². The highest BCUT2D eigenvalue weighted by Gasteiger charge is 2.32. The number of nitrogens with zero attached hydrogens (tertiary/aromatic N) is 2. The monoisotopic (exact) mass is 564 g/mol. The fraction of sp³-hybridized carbons (Fsp3) is 0.522. The van der Waals surface area contributed by atoms with Crippen LogP contribution in [0, 0.1) is 10.8 Å². The molecule has 3 amide bonds. The second-order valence-electron chi connectivity index (χ2n) is 8.34. The summed E-state index contributed by atoms with van der Waals surface area (Å²) in [6.07, 6.45) is -0.540. The topological polar surface area (TPSA) is 263 Å². The van der Waals surface area contributed by atoms with E-state index in [1.807, 2.05) is 5.87 Å². The largest absolute Gasteiger partial charge is 0.366 e. The van der Waals surface area contributed by atoms with Gasteiger partial charge in [-0.25, -0.2) is 9.59 Å². The quantitative estimate of drug-likeness (QED) is 0.0382. The van der Waals surface area contributed by atoms with E-state index in [0.717, 1.165) is 0 Å². The van der Waals surface area contributed by atoms with E-state index in [1.54, 1.807) is 0 Å². The molecule has 1 fully saturated rings. The van der Waals surface area contributed by atoms with Crippen molar-refractivity contribution in [2.75, 3.05) is 19.6 Å². The molecular weight excluding hydrogens is 532 g/mol. The number of hydroxylamine groups is 2. The molecule has 7 N–H and O–H groups in total. The maximum Gasteiger partial charge on any atom is 0.357 e. The summed E-state index contributed by atoms with van der Waals surface area (Å²) >= 11 is 0. The molecular formula is C23H32N8O9. The Morgan fingerprint density at radius 2 is 1.38 bits per heavy atom. The molecule has 1 rings (SSSR count). The van der Waals surface area contributed by atoms with Gasteiger partial charge in [0.15, 0.2) is 11.6 Å². The van der Waals surface area contributed by atoms with Crippen LogP contribution in [0.2, 0.25) is 0 Å². The number of carbonyl (C=O) groups excluding carboxylic acids is 7. The van der Waals surface area contributed by atoms with Gasteiger partial charge in [0, 0.05) is 25.1 Å². The van der Waals surface area contributed by atoms with E-state index in [1.165, 1.54) is 5.06 Å². The molecule has 17 heteroatoms. The summed E-state index contributed by atoms with van der Waals surface area (Å²) in [5.74, 6) is -3.49. The SMILES string of the molecule is C=C=NOC(=O)C(CCC(=O)N[C@@H](CCC(=O)C=N)C(=O)NC(CCC(=O)C=N)C(=O)ON1CC1)NC(=O)CN. The Hall–Kier alpha value is -4.60. The molecule has 1 aliphatic heterocycles. The Labute approximate surface area is 228 Å². The molecule has 17 nitrogen and oxygen atoms in total. The summed E-state index contributed by atoms with van der Waals surface area (Å²) in [6, 6.07) is -3.99. The predicted molar refractivity (Wildman–Crippen MR) is 137 cm³/mol. The molecule has 0 saturated carbocycles. The molecule has 0 bridgehead atoms. The number of ketones is 2. The minimum atomic E-state index is -1.36. The fourth-order valence-corrected chi connectivity index (χ4v) is 3.02. The van der Waals surface area contributed by atoms with Gasteiger partial charge in [-0.3, -0.25) is 24.0 Å². The number of Topliss-reactive ketones (excluding diaryl/α,β-unsaturated/α-hetero) is 2. The van der Waals surface area contributed by atoms with Gasteiger partial charge in [0.25, 0.3) is 0 Å². The van der Waals surface area contributed by atoms with Gasteiger partial charge in [0.05, 0.1) is 32.1 Å². The third-order valence-electron chi connectivity index (χ3n) is 5.22. The van der Waals surface area contributed by atoms with Crippen LogP contribution in [0.4, 0.5) is 0 Å². The summed E-state index contributed by atoms with van der Waals surface area (Å²) in [4.78, 5) is 94.7. The maximum atomic E-state index is 13.0. The average Bonchev–Trinajstić information content (AvgIpc) is 3.76. The molecule has 0 aromatic rings. The Morgan fingerprint density at radius 1 is 0.850 bits per heavy atom. The molecule has 1 aliphatic rings. The van der Waals surface area contributed by atoms with Crippen LogP contribution in [0.15, 0.2) is 11.7 Å². The molecule has 40 heavy (non-hydrogen) atoms. The molecule has 0 aromatic heterocycles. The molecule has 0 radical (unpaired) electrons. The molecule has 218 valence electrons. The lowest BCUT2D eigenvalue weighted by Gasteiger charge is -2.22. The smallest absolute Gasteiger partial charge is 0.357 e. The Morgan fingerprint density at radius 3 is 1.90 bits per heavy atom. The lowest BCUT2D eigenvalue weighted by atomic mass is 10.0. The highest BCUT2D eigenvalue weighted by atomic mass is 16.7. The van der Waals surface area contributed by atoms with Crippen molar-refractivity contribution in [1.82, 2.24) is 21.0 Å². The van der Waals surface area contributed by atoms with Crippen molar-refractivity contribution in [2.24, 2.45) is 10.9 Å². The zero-order valence-electron chi connectivity index (χ0n) is 21.6. The summed E-state index contributed by atoms with van der Waals surface area (Å²) in [5.41, 5.74) is 5.24. The minimum Gasteiger partial charge on any atom is -0.366 e. The molecule has 2 unspecified atom stereocenters. The van der Waals surface area contributed by atoms with Gasteiger partial charge in [0.1, 0.15) is 18.1 Å². The van der Waals surface area contributed by atoms with Crippen molar-refractivity contribution in [1.29, 1.82) is 10.8 Å². The molecule has 3 atom stereocenters. The van der Waals surface area contributed by atoms with Crippen LogP contribution in [0.1, 0.15) is 38.5 Å². The number of nitrogens with one attached hydrogen (secondary N) is 5. The normalized spacial score (nSPS) is 14.1. The van der Waals surface area contributed by atoms with Crippen molar-refractivity contribution in [3.63, 3.8) is 0 Å². The molecule has 0 aliphatic carbocycles. The number of hydrogen-bond donors (Lipinski definition) is 6. The summed E-state index contributed by atoms with van der Waals surface area (Å²) < 4.78 is 0. The van der Waals surface area contributed by atoms with Gasteiger partial charge in [-0.2, -0.15) is 0 Å². The first-order valence-corrected chi connectivity index (χ1v) is 12.1. The predicted octanol–water partition coefficient (Wildman–Crippen LogP) is -2.73. The third kappa shape index (κ3) is 13.3. The zero-order valence-corrected chi connectivity index (χ0v) is 21.6. The summed E-state index contributed by atoms with van der Waals surface area (Å²) in [7, 11) is 0. The van der Waals surface area contributed by atoms with Crippen LogP contribution < -0.4 is 21.7 Å². The third-order valence-corrected chi connectivity index (χ3v) is 5.22. The highest BCUT2D eigenvalue weighted by molar-refractivity contribution is 6.26. The van der Waals surface area contributed by atoms with Gasteiger partial charge in [0.2, 0.25) is 17.7 Å². The van der Waals surface area contributed by atoms with Crippen LogP contribution in [0.3, 0.4) is 0 Å². The van der Waals surface area contributed by atoms with Gasteiger partial charge >= 0.3 is 11.9 Å². The summed E-state index contributed by atoms with van der Waals surface area (Å²) in [6.45, 7) is 3.67. The van der Waals surface area contributed by atoms with Crippen molar-refractivity contribution in [3.8, 4) is 0 Å². The van der Waals surface area contributed by atoms with Crippen LogP contribution >= 0.6 is 0 Å². The van der Waals surface area contributed by atoms with Gasteiger partial charge in [-0.1, -0.05) is 0 Å². The van der Waals surface area contributed by atoms with Crippen LogP contribution in [0.25, 0.3) is 0 Å². The standard InChI is InChI=1S/C23H32N8O9/c1-2-27-39-22(37)17(29-20(35)13-26)7-8-19(34)28-16(5-3-14(32)11-24)21(36)30-18(6-4-15(33)12-25)23(38)40-31-9-10-31/h11-12,16-18,24-25H,1,3-10,13,26H2,(H,28,34)(H,29,35)(H,30,36)/t16-,17?,18?/m0/s1. The minimum absolute atomic E-state index is 0.190. The van der Waals surface area contributed by atoms with Crippen molar-refractivity contribution in [2.45, 2.75) is 56.7 Å². The first-order valence-electron chi connectivity index (χ1n) is 12.1. The number of nitrogens with two attached hydrogens (primary N) is 1. The second-order valence-corrected chi connectivity index (χ2v) is 8.34. The number of carbonyl (C=O) groups is 7. The maximum absolute atomic E-state index is 13.0. The van der Waals surface area contributed by atoms with E-state index in [-0.39, 0.29) is 32.1 Å². The van der Waals surface area contributed by atoms with E-state index in [4.69, 9.17) is 21.4 Å². The lowest BCUT2D eigenvalue weighted by molar-refractivity contribution is -0.169. The Balaban J connectivity index is 2.95. The Bertz CT molecular complexity index is 1050. The Kier molecular flexibility index (Phi) is 14.9. The molecule has 1 saturated heterocycles. The lowest BCUT2D eigenvalue weighted by Crippen LogP contribution is -2.52. The van der Waals surface area contributed by atoms with Crippen molar-refractivity contribution in [3.05, 3.63) is 6.58 Å². The fourth-order valence-electron chi connectivity index (χ4n) is 3.02. The number of rotatable bonds is 20. The van der Waals surface area contributed by atoms with Crippen LogP contribution in [-0.4, -0.2) is 102 Å². The second kappa shape index (κ2) is 17.8. The van der Waals surface area contributed by atoms with E-state index >= 15 is 0 Å². The molecule has 1 heterocycles. The zero-order chi connectivity index (χ0) is 30.1. The van der Waals surface area contributed by atoms with E-state index < -0.39 is 72.3 Å². The van der Waals surface area contributed by atoms with Gasteiger partial charge in [-0.15, -0.1) is 5.06 Å². The van der Waals surface area contributed by atoms with Crippen LogP contribution in [0.5, 0.6) is 0 Å². The molecule has 0 aromatic carbocycles. The van der Waals surface area contributed by atoms with Crippen LogP contribution in [-0.2, 0) is 43.2 Å². The summed E-state index contributed by atoms with van der Waals surface area (Å²) in [5, 5.41) is 25.5. The highest BCUT2D eigenvalue weighted by Crippen LogP contribution is 2.10.